The van der Waals surface area contributed by atoms with Crippen LogP contribution in [-0.2, 0) is 4.79 Å². The van der Waals surface area contributed by atoms with Gasteiger partial charge in [0.1, 0.15) is 0 Å². The molecule has 0 radical (unpaired) electrons. The van der Waals surface area contributed by atoms with Gasteiger partial charge in [-0.2, -0.15) is 58.8 Å². The lowest BCUT2D eigenvalue weighted by Crippen LogP contribution is -2.00. The molecule has 0 rings (SSSR count). The van der Waals surface area contributed by atoms with Crippen LogP contribution in [0, 0.1) is 0 Å². The van der Waals surface area contributed by atoms with Crippen LogP contribution in [0.3, 0.4) is 0 Å². The van der Waals surface area contributed by atoms with Crippen molar-refractivity contribution in [3.8, 4) is 0 Å². The van der Waals surface area contributed by atoms with E-state index in [1.807, 2.05) is 35.3 Å². The highest BCUT2D eigenvalue weighted by Crippen LogP contribution is 2.13. The van der Waals surface area contributed by atoms with Crippen molar-refractivity contribution in [2.75, 3.05) is 69.5 Å². The average molecular weight is 407 g/mol. The lowest BCUT2D eigenvalue weighted by atomic mass is 10.8. The maximum absolute atomic E-state index is 10.3. The summed E-state index contributed by atoms with van der Waals surface area (Å²) in [7, 11) is 0. The van der Waals surface area contributed by atoms with Crippen molar-refractivity contribution in [1.82, 2.24) is 0 Å². The standard InChI is InChI=1S/C13H26O2S6/c1-16-2-3-17-4-5-18-6-7-19-8-9-20-10-11-21-12-13(14)15/h2-12H2,1H3,(H,14,15). The van der Waals surface area contributed by atoms with Gasteiger partial charge in [0, 0.05) is 57.5 Å². The first-order valence-corrected chi connectivity index (χ1v) is 14.0. The van der Waals surface area contributed by atoms with Gasteiger partial charge >= 0.3 is 5.97 Å². The van der Waals surface area contributed by atoms with Crippen LogP contribution in [0.25, 0.3) is 0 Å². The molecule has 0 spiro atoms. The fourth-order valence-corrected chi connectivity index (χ4v) is 7.23. The van der Waals surface area contributed by atoms with Crippen molar-refractivity contribution in [2.24, 2.45) is 0 Å². The number of carbonyl (C=O) groups is 1. The minimum Gasteiger partial charge on any atom is -0.481 e. The molecule has 0 bridgehead atoms. The normalized spacial score (nSPS) is 10.9. The van der Waals surface area contributed by atoms with E-state index < -0.39 is 5.97 Å². The lowest BCUT2D eigenvalue weighted by Gasteiger charge is -2.03. The maximum Gasteiger partial charge on any atom is 0.313 e. The summed E-state index contributed by atoms with van der Waals surface area (Å²) in [6.45, 7) is 0. The van der Waals surface area contributed by atoms with Crippen LogP contribution in [0.1, 0.15) is 0 Å². The third kappa shape index (κ3) is 21.6. The Hall–Kier alpha value is 1.57. The fourth-order valence-electron chi connectivity index (χ4n) is 1.18. The highest BCUT2D eigenvalue weighted by atomic mass is 32.2. The number of thioether (sulfide) groups is 6. The zero-order chi connectivity index (χ0) is 15.6. The Labute approximate surface area is 155 Å². The van der Waals surface area contributed by atoms with Gasteiger partial charge in [0.15, 0.2) is 0 Å². The molecule has 0 atom stereocenters. The second-order valence-corrected chi connectivity index (χ2v) is 10.9. The van der Waals surface area contributed by atoms with Crippen molar-refractivity contribution >= 4 is 76.5 Å². The van der Waals surface area contributed by atoms with Crippen molar-refractivity contribution < 1.29 is 9.90 Å². The summed E-state index contributed by atoms with van der Waals surface area (Å²) >= 11 is 11.6. The summed E-state index contributed by atoms with van der Waals surface area (Å²) in [4.78, 5) is 10.3. The maximum atomic E-state index is 10.3. The molecule has 0 saturated carbocycles. The number of aliphatic carboxylic acids is 1. The molecule has 0 aromatic carbocycles. The third-order valence-corrected chi connectivity index (χ3v) is 8.94. The van der Waals surface area contributed by atoms with Crippen LogP contribution in [0.15, 0.2) is 0 Å². The van der Waals surface area contributed by atoms with Crippen LogP contribution in [0.4, 0.5) is 0 Å². The molecule has 0 aliphatic rings. The molecule has 2 nitrogen and oxygen atoms in total. The molecule has 0 aromatic rings. The van der Waals surface area contributed by atoms with Crippen molar-refractivity contribution in [3.05, 3.63) is 0 Å². The number of carboxylic acid groups (broad SMARTS) is 1. The topological polar surface area (TPSA) is 37.3 Å². The van der Waals surface area contributed by atoms with Crippen molar-refractivity contribution in [2.45, 2.75) is 0 Å². The number of rotatable bonds is 17. The second-order valence-electron chi connectivity index (χ2n) is 3.89. The summed E-state index contributed by atoms with van der Waals surface area (Å²) in [6, 6.07) is 0. The molecule has 126 valence electrons. The molecule has 0 amide bonds. The molecule has 0 aliphatic carbocycles. The summed E-state index contributed by atoms with van der Waals surface area (Å²) in [5, 5.41) is 8.49. The minimum atomic E-state index is -0.708. The number of hydrogen-bond donors (Lipinski definition) is 1. The molecule has 0 fully saturated rings. The van der Waals surface area contributed by atoms with Crippen molar-refractivity contribution in [1.29, 1.82) is 0 Å². The van der Waals surface area contributed by atoms with Crippen LogP contribution < -0.4 is 0 Å². The Morgan fingerprint density at radius 2 is 1.00 bits per heavy atom. The first-order chi connectivity index (χ1) is 10.3. The molecular weight excluding hydrogens is 381 g/mol. The zero-order valence-electron chi connectivity index (χ0n) is 12.6. The summed E-state index contributed by atoms with van der Waals surface area (Å²) in [5.41, 5.74) is 0. The summed E-state index contributed by atoms with van der Waals surface area (Å²) in [6.07, 6.45) is 2.17. The largest absolute Gasteiger partial charge is 0.481 e. The lowest BCUT2D eigenvalue weighted by molar-refractivity contribution is -0.133. The Balaban J connectivity index is 2.95. The Kier molecular flexibility index (Phi) is 21.1. The molecule has 0 aliphatic heterocycles. The number of hydrogen-bond acceptors (Lipinski definition) is 7. The van der Waals surface area contributed by atoms with E-state index in [9.17, 15) is 4.79 Å². The van der Waals surface area contributed by atoms with E-state index in [2.05, 4.69) is 29.8 Å². The SMILES string of the molecule is CSCCSCCSCCSCCSCCSCC(=O)O. The second kappa shape index (κ2) is 19.6. The van der Waals surface area contributed by atoms with Crippen molar-refractivity contribution in [3.63, 3.8) is 0 Å². The van der Waals surface area contributed by atoms with Crippen LogP contribution >= 0.6 is 70.6 Å². The van der Waals surface area contributed by atoms with E-state index >= 15 is 0 Å². The zero-order valence-corrected chi connectivity index (χ0v) is 17.5. The average Bonchev–Trinajstić information content (AvgIpc) is 2.46. The van der Waals surface area contributed by atoms with Crippen LogP contribution in [0.5, 0.6) is 0 Å². The molecule has 21 heavy (non-hydrogen) atoms. The fraction of sp³-hybridized carbons (Fsp3) is 0.923. The minimum absolute atomic E-state index is 0.238. The smallest absolute Gasteiger partial charge is 0.313 e. The van der Waals surface area contributed by atoms with Gasteiger partial charge in [-0.25, -0.2) is 0 Å². The first kappa shape index (κ1) is 22.6. The highest BCUT2D eigenvalue weighted by Gasteiger charge is 1.97. The van der Waals surface area contributed by atoms with Gasteiger partial charge in [0.05, 0.1) is 5.75 Å². The molecular formula is C13H26O2S6. The molecule has 1 N–H and O–H groups in total. The molecule has 0 saturated heterocycles. The van der Waals surface area contributed by atoms with Gasteiger partial charge < -0.3 is 5.11 Å². The number of carboxylic acids is 1. The van der Waals surface area contributed by atoms with E-state index in [1.165, 1.54) is 57.8 Å². The quantitative estimate of drug-likeness (QED) is 0.362. The van der Waals surface area contributed by atoms with Gasteiger partial charge in [0.2, 0.25) is 0 Å². The van der Waals surface area contributed by atoms with E-state index in [-0.39, 0.29) is 5.75 Å². The van der Waals surface area contributed by atoms with Gasteiger partial charge in [-0.3, -0.25) is 4.79 Å². The van der Waals surface area contributed by atoms with Gasteiger partial charge in [-0.1, -0.05) is 0 Å². The van der Waals surface area contributed by atoms with Gasteiger partial charge in [-0.15, -0.1) is 11.8 Å². The molecule has 0 aromatic heterocycles. The van der Waals surface area contributed by atoms with E-state index in [0.29, 0.717) is 0 Å². The van der Waals surface area contributed by atoms with E-state index in [0.717, 1.165) is 11.5 Å². The third-order valence-electron chi connectivity index (χ3n) is 2.15. The first-order valence-electron chi connectivity index (χ1n) is 6.86. The Bertz CT molecular complexity index is 231. The summed E-state index contributed by atoms with van der Waals surface area (Å²) in [5.74, 6) is 11.6. The molecule has 8 heteroatoms. The van der Waals surface area contributed by atoms with Crippen LogP contribution in [0.2, 0.25) is 0 Å². The van der Waals surface area contributed by atoms with E-state index in [4.69, 9.17) is 5.11 Å². The monoisotopic (exact) mass is 406 g/mol. The Morgan fingerprint density at radius 1 is 0.667 bits per heavy atom. The molecule has 0 unspecified atom stereocenters. The van der Waals surface area contributed by atoms with Gasteiger partial charge in [-0.05, 0) is 6.26 Å². The molecule has 0 heterocycles. The predicted octanol–water partition coefficient (Wildman–Crippen LogP) is 4.10. The predicted molar refractivity (Wildman–Crippen MR) is 113 cm³/mol. The Morgan fingerprint density at radius 3 is 1.33 bits per heavy atom. The van der Waals surface area contributed by atoms with Crippen LogP contribution in [-0.4, -0.2) is 80.6 Å². The van der Waals surface area contributed by atoms with E-state index in [1.54, 1.807) is 0 Å². The van der Waals surface area contributed by atoms with Gasteiger partial charge in [0.25, 0.3) is 0 Å². The summed E-state index contributed by atoms with van der Waals surface area (Å²) < 4.78 is 0. The highest BCUT2D eigenvalue weighted by molar-refractivity contribution is 8.06.